The molecule has 0 radical (unpaired) electrons. The number of hydrogen-bond acceptors (Lipinski definition) is 6. The van der Waals surface area contributed by atoms with Gasteiger partial charge in [0.15, 0.2) is 0 Å². The fourth-order valence-electron chi connectivity index (χ4n) is 4.63. The molecule has 0 saturated heterocycles. The van der Waals surface area contributed by atoms with E-state index in [9.17, 15) is 13.6 Å². The minimum Gasteiger partial charge on any atom is -0.340 e. The van der Waals surface area contributed by atoms with Crippen LogP contribution in [-0.2, 0) is 6.42 Å². The number of carbonyl (C=O) groups excluding carboxylic acids is 1. The van der Waals surface area contributed by atoms with Gasteiger partial charge in [0.2, 0.25) is 5.95 Å². The molecule has 2 heterocycles. The van der Waals surface area contributed by atoms with Crippen molar-refractivity contribution < 1.29 is 13.6 Å². The Morgan fingerprint density at radius 2 is 1.88 bits per heavy atom. The van der Waals surface area contributed by atoms with Gasteiger partial charge in [-0.1, -0.05) is 29.3 Å². The second-order valence-corrected chi connectivity index (χ2v) is 10.2. The zero-order valence-corrected chi connectivity index (χ0v) is 23.3. The Morgan fingerprint density at radius 1 is 1.10 bits per heavy atom. The van der Waals surface area contributed by atoms with Crippen molar-refractivity contribution in [2.45, 2.75) is 6.42 Å². The lowest BCUT2D eigenvalue weighted by Gasteiger charge is -2.26. The molecule has 0 fully saturated rings. The van der Waals surface area contributed by atoms with Gasteiger partial charge in [-0.25, -0.2) is 18.7 Å². The smallest absolute Gasteiger partial charge is 0.255 e. The molecule has 4 aromatic rings. The van der Waals surface area contributed by atoms with Crippen LogP contribution in [0.3, 0.4) is 0 Å². The van der Waals surface area contributed by atoms with Crippen molar-refractivity contribution in [2.24, 2.45) is 0 Å². The number of anilines is 4. The molecule has 1 amide bonds. The van der Waals surface area contributed by atoms with Crippen LogP contribution in [0.15, 0.2) is 60.8 Å². The Kier molecular flexibility index (Phi) is 8.16. The van der Waals surface area contributed by atoms with Crippen molar-refractivity contribution >= 4 is 52.1 Å². The second kappa shape index (κ2) is 11.8. The highest BCUT2D eigenvalue weighted by atomic mass is 35.5. The van der Waals surface area contributed by atoms with E-state index < -0.39 is 11.6 Å². The Labute approximate surface area is 240 Å². The highest BCUT2D eigenvalue weighted by Gasteiger charge is 2.27. The first-order valence-electron chi connectivity index (χ1n) is 12.6. The summed E-state index contributed by atoms with van der Waals surface area (Å²) in [5.41, 5.74) is 3.39. The van der Waals surface area contributed by atoms with E-state index in [0.717, 1.165) is 5.56 Å². The molecule has 0 bridgehead atoms. The highest BCUT2D eigenvalue weighted by Crippen LogP contribution is 2.42. The first-order chi connectivity index (χ1) is 19.3. The predicted octanol–water partition coefficient (Wildman–Crippen LogP) is 6.46. The lowest BCUT2D eigenvalue weighted by molar-refractivity contribution is 0.0797. The lowest BCUT2D eigenvalue weighted by Crippen LogP contribution is -2.32. The summed E-state index contributed by atoms with van der Waals surface area (Å²) in [5, 5.41) is 6.94. The summed E-state index contributed by atoms with van der Waals surface area (Å²) >= 11 is 12.7. The van der Waals surface area contributed by atoms with Gasteiger partial charge in [-0.05, 0) is 67.6 Å². The third-order valence-electron chi connectivity index (χ3n) is 6.68. The number of nitrogens with one attached hydrogen (secondary N) is 2. The van der Waals surface area contributed by atoms with Crippen LogP contribution in [0.1, 0.15) is 15.9 Å². The van der Waals surface area contributed by atoms with Gasteiger partial charge >= 0.3 is 0 Å². The predicted molar refractivity (Wildman–Crippen MR) is 155 cm³/mol. The van der Waals surface area contributed by atoms with Crippen LogP contribution in [0, 0.1) is 11.6 Å². The zero-order valence-electron chi connectivity index (χ0n) is 21.8. The van der Waals surface area contributed by atoms with Crippen LogP contribution in [0.4, 0.5) is 31.8 Å². The molecule has 3 aromatic carbocycles. The average Bonchev–Trinajstić information content (AvgIpc) is 3.09. The maximum atomic E-state index is 14.8. The summed E-state index contributed by atoms with van der Waals surface area (Å²) in [6.45, 7) is 1.46. The van der Waals surface area contributed by atoms with Gasteiger partial charge in [-0.2, -0.15) is 0 Å². The van der Waals surface area contributed by atoms with Crippen molar-refractivity contribution in [3.63, 3.8) is 0 Å². The number of fused-ring (bicyclic) bond motifs is 3. The maximum Gasteiger partial charge on any atom is 0.255 e. The van der Waals surface area contributed by atoms with E-state index in [2.05, 4.69) is 15.6 Å². The number of halogens is 4. The minimum absolute atomic E-state index is 0.150. The third-order valence-corrected chi connectivity index (χ3v) is 7.24. The molecule has 206 valence electrons. The molecule has 5 rings (SSSR count). The standard InChI is InChI=1S/C29H26Cl2F2N6O/c1-34-11-13-38(2)28(40)21-15-19(7-9-22(21)31)36-29-35-16-17-10-12-39(27-23(32)4-3-5-24(27)33)25-14-18(30)6-8-20(25)26(17)37-29/h3-9,14-16,34H,10-13H2,1-2H3,(H,35,36,37). The number of likely N-dealkylation sites (N-methyl/N-ethyl adjacent to an activating group) is 2. The molecule has 0 spiro atoms. The summed E-state index contributed by atoms with van der Waals surface area (Å²) in [5.74, 6) is -1.27. The van der Waals surface area contributed by atoms with E-state index in [1.54, 1.807) is 59.4 Å². The van der Waals surface area contributed by atoms with E-state index in [1.165, 1.54) is 18.2 Å². The van der Waals surface area contributed by atoms with E-state index in [4.69, 9.17) is 28.2 Å². The Morgan fingerprint density at radius 3 is 2.62 bits per heavy atom. The molecule has 7 nitrogen and oxygen atoms in total. The Bertz CT molecular complexity index is 1560. The number of nitrogens with zero attached hydrogens (tertiary/aromatic N) is 4. The number of hydrogen-bond donors (Lipinski definition) is 2. The zero-order chi connectivity index (χ0) is 28.4. The van der Waals surface area contributed by atoms with Crippen molar-refractivity contribution in [3.8, 4) is 11.3 Å². The van der Waals surface area contributed by atoms with Crippen LogP contribution < -0.4 is 15.5 Å². The lowest BCUT2D eigenvalue weighted by atomic mass is 10.0. The van der Waals surface area contributed by atoms with E-state index in [1.807, 2.05) is 7.05 Å². The first kappa shape index (κ1) is 27.8. The molecule has 1 aromatic heterocycles. The molecular formula is C29H26Cl2F2N6O. The first-order valence-corrected chi connectivity index (χ1v) is 13.4. The molecule has 11 heteroatoms. The SMILES string of the molecule is CNCCN(C)C(=O)c1cc(Nc2ncc3c(n2)-c2ccc(Cl)cc2N(c2c(F)cccc2F)CC3)ccc1Cl. The van der Waals surface area contributed by atoms with Gasteiger partial charge in [0.05, 0.1) is 22.0 Å². The van der Waals surface area contributed by atoms with Gasteiger partial charge in [0.1, 0.15) is 17.3 Å². The Balaban J connectivity index is 1.50. The van der Waals surface area contributed by atoms with Crippen LogP contribution in [-0.4, -0.2) is 54.5 Å². The summed E-state index contributed by atoms with van der Waals surface area (Å²) in [6, 6.07) is 14.0. The van der Waals surface area contributed by atoms with Crippen LogP contribution in [0.2, 0.25) is 10.0 Å². The van der Waals surface area contributed by atoms with E-state index in [0.29, 0.717) is 57.8 Å². The summed E-state index contributed by atoms with van der Waals surface area (Å²) in [4.78, 5) is 25.4. The molecule has 0 aliphatic carbocycles. The van der Waals surface area contributed by atoms with Gasteiger partial charge in [0, 0.05) is 49.2 Å². The van der Waals surface area contributed by atoms with Crippen molar-refractivity contribution in [1.29, 1.82) is 0 Å². The van der Waals surface area contributed by atoms with Gasteiger partial charge in [0.25, 0.3) is 5.91 Å². The fraction of sp³-hybridized carbons (Fsp3) is 0.207. The number of amides is 1. The second-order valence-electron chi connectivity index (χ2n) is 9.35. The van der Waals surface area contributed by atoms with Crippen LogP contribution in [0.25, 0.3) is 11.3 Å². The van der Waals surface area contributed by atoms with E-state index in [-0.39, 0.29) is 24.1 Å². The number of para-hydroxylation sites is 1. The van der Waals surface area contributed by atoms with Crippen molar-refractivity contribution in [1.82, 2.24) is 20.2 Å². The number of aromatic nitrogens is 2. The van der Waals surface area contributed by atoms with Crippen LogP contribution >= 0.6 is 23.2 Å². The molecule has 1 aliphatic rings. The molecule has 1 aliphatic heterocycles. The van der Waals surface area contributed by atoms with Crippen molar-refractivity contribution in [3.05, 3.63) is 93.6 Å². The monoisotopic (exact) mass is 582 g/mol. The minimum atomic E-state index is -0.671. The molecule has 0 saturated carbocycles. The maximum absolute atomic E-state index is 14.8. The van der Waals surface area contributed by atoms with Crippen LogP contribution in [0.5, 0.6) is 0 Å². The third kappa shape index (κ3) is 5.58. The normalized spacial score (nSPS) is 12.4. The summed E-state index contributed by atoms with van der Waals surface area (Å²) in [6.07, 6.45) is 2.13. The molecular weight excluding hydrogens is 557 g/mol. The molecule has 0 unspecified atom stereocenters. The van der Waals surface area contributed by atoms with Gasteiger partial charge in [-0.15, -0.1) is 0 Å². The fourth-order valence-corrected chi connectivity index (χ4v) is 4.99. The largest absolute Gasteiger partial charge is 0.340 e. The number of benzene rings is 3. The molecule has 0 atom stereocenters. The summed E-state index contributed by atoms with van der Waals surface area (Å²) in [7, 11) is 3.53. The van der Waals surface area contributed by atoms with Gasteiger partial charge in [-0.3, -0.25) is 4.79 Å². The van der Waals surface area contributed by atoms with E-state index >= 15 is 0 Å². The number of rotatable bonds is 7. The average molecular weight is 583 g/mol. The Hall–Kier alpha value is -3.79. The topological polar surface area (TPSA) is 73.4 Å². The summed E-state index contributed by atoms with van der Waals surface area (Å²) < 4.78 is 29.7. The van der Waals surface area contributed by atoms with Crippen molar-refractivity contribution in [2.75, 3.05) is 43.9 Å². The molecule has 40 heavy (non-hydrogen) atoms. The quantitative estimate of drug-likeness (QED) is 0.260. The number of carbonyl (C=O) groups is 1. The highest BCUT2D eigenvalue weighted by molar-refractivity contribution is 6.34. The van der Waals surface area contributed by atoms with Gasteiger partial charge < -0.3 is 20.4 Å². The molecule has 2 N–H and O–H groups in total.